The maximum Gasteiger partial charge on any atom is 0.272 e. The van der Waals surface area contributed by atoms with Crippen molar-refractivity contribution in [1.82, 2.24) is 0 Å². The van der Waals surface area contributed by atoms with Crippen LogP contribution in [-0.2, 0) is 0 Å². The van der Waals surface area contributed by atoms with Crippen LogP contribution in [-0.4, -0.2) is 18.9 Å². The van der Waals surface area contributed by atoms with Crippen LogP contribution in [0.25, 0.3) is 0 Å². The molecule has 0 heterocycles. The molecule has 0 radical (unpaired) electrons. The highest BCUT2D eigenvalue weighted by atomic mass is 16.5. The third-order valence-electron chi connectivity index (χ3n) is 3.04. The smallest absolute Gasteiger partial charge is 0.272 e. The summed E-state index contributed by atoms with van der Waals surface area (Å²) in [5.74, 6) is -0.855. The lowest BCUT2D eigenvalue weighted by Gasteiger charge is -2.16. The van der Waals surface area contributed by atoms with E-state index in [2.05, 4.69) is 0 Å². The zero-order valence-corrected chi connectivity index (χ0v) is 11.8. The fourth-order valence-corrected chi connectivity index (χ4v) is 1.97. The number of benzene rings is 2. The third kappa shape index (κ3) is 2.88. The zero-order chi connectivity index (χ0) is 16.1. The Morgan fingerprint density at radius 2 is 1.82 bits per heavy atom. The van der Waals surface area contributed by atoms with E-state index in [-0.39, 0.29) is 11.1 Å². The Morgan fingerprint density at radius 1 is 1.14 bits per heavy atom. The Bertz CT molecular complexity index is 765. The highest BCUT2D eigenvalue weighted by Crippen LogP contribution is 2.23. The summed E-state index contributed by atoms with van der Waals surface area (Å²) in [5, 5.41) is 9.30. The fraction of sp³-hybridized carbons (Fsp3) is 0.0625. The van der Waals surface area contributed by atoms with E-state index >= 15 is 0 Å². The van der Waals surface area contributed by atoms with E-state index in [9.17, 15) is 14.9 Å². The number of hydrogen-bond donors (Lipinski definition) is 1. The Balaban J connectivity index is 2.46. The van der Waals surface area contributed by atoms with Crippen molar-refractivity contribution in [3.8, 4) is 11.9 Å². The van der Waals surface area contributed by atoms with Crippen molar-refractivity contribution in [2.45, 2.75) is 0 Å². The zero-order valence-electron chi connectivity index (χ0n) is 11.8. The summed E-state index contributed by atoms with van der Waals surface area (Å²) >= 11 is 0. The van der Waals surface area contributed by atoms with Gasteiger partial charge in [-0.25, -0.2) is 4.90 Å². The molecule has 2 aromatic rings. The first-order valence-corrected chi connectivity index (χ1v) is 6.35. The molecule has 0 aliphatic heterocycles. The Morgan fingerprint density at radius 3 is 2.41 bits per heavy atom. The molecule has 110 valence electrons. The topological polar surface area (TPSA) is 96.4 Å². The minimum Gasteiger partial charge on any atom is -0.497 e. The van der Waals surface area contributed by atoms with Crippen molar-refractivity contribution in [3.05, 3.63) is 59.7 Å². The molecule has 0 unspecified atom stereocenters. The third-order valence-corrected chi connectivity index (χ3v) is 3.04. The van der Waals surface area contributed by atoms with Gasteiger partial charge in [0.25, 0.3) is 5.91 Å². The molecule has 22 heavy (non-hydrogen) atoms. The first-order valence-electron chi connectivity index (χ1n) is 6.35. The second-order valence-corrected chi connectivity index (χ2v) is 4.35. The molecule has 0 spiro atoms. The van der Waals surface area contributed by atoms with Gasteiger partial charge in [0.15, 0.2) is 6.19 Å². The monoisotopic (exact) mass is 295 g/mol. The van der Waals surface area contributed by atoms with Crippen LogP contribution in [0.1, 0.15) is 20.7 Å². The second kappa shape index (κ2) is 6.41. The van der Waals surface area contributed by atoms with Gasteiger partial charge in [-0.05, 0) is 24.3 Å². The summed E-state index contributed by atoms with van der Waals surface area (Å²) in [6.07, 6.45) is 1.81. The van der Waals surface area contributed by atoms with E-state index in [1.165, 1.54) is 19.2 Å². The molecule has 0 aliphatic rings. The van der Waals surface area contributed by atoms with E-state index in [4.69, 9.17) is 10.5 Å². The number of nitriles is 1. The van der Waals surface area contributed by atoms with Crippen LogP contribution in [0.4, 0.5) is 5.69 Å². The summed E-state index contributed by atoms with van der Waals surface area (Å²) in [6.45, 7) is 0. The highest BCUT2D eigenvalue weighted by molar-refractivity contribution is 6.14. The van der Waals surface area contributed by atoms with Gasteiger partial charge in [0.2, 0.25) is 5.91 Å². The fourth-order valence-electron chi connectivity index (χ4n) is 1.97. The molecule has 0 aliphatic carbocycles. The Kier molecular flexibility index (Phi) is 4.39. The summed E-state index contributed by atoms with van der Waals surface area (Å²) in [5.41, 5.74) is 5.74. The molecule has 0 fully saturated rings. The summed E-state index contributed by atoms with van der Waals surface area (Å²) in [7, 11) is 1.49. The molecular weight excluding hydrogens is 282 g/mol. The molecule has 6 heteroatoms. The van der Waals surface area contributed by atoms with Crippen LogP contribution in [0.3, 0.4) is 0 Å². The number of nitrogens with zero attached hydrogens (tertiary/aromatic N) is 2. The lowest BCUT2D eigenvalue weighted by Crippen LogP contribution is -2.28. The van der Waals surface area contributed by atoms with Crippen molar-refractivity contribution in [2.24, 2.45) is 5.73 Å². The molecule has 2 amide bonds. The number of hydrogen-bond acceptors (Lipinski definition) is 4. The van der Waals surface area contributed by atoms with Gasteiger partial charge < -0.3 is 10.5 Å². The van der Waals surface area contributed by atoms with Crippen molar-refractivity contribution in [3.63, 3.8) is 0 Å². The van der Waals surface area contributed by atoms with Crippen LogP contribution >= 0.6 is 0 Å². The average molecular weight is 295 g/mol. The average Bonchev–Trinajstić information content (AvgIpc) is 2.55. The van der Waals surface area contributed by atoms with E-state index in [1.54, 1.807) is 36.4 Å². The predicted molar refractivity (Wildman–Crippen MR) is 80.4 cm³/mol. The molecule has 0 bridgehead atoms. The number of methoxy groups -OCH3 is 1. The summed E-state index contributed by atoms with van der Waals surface area (Å²) < 4.78 is 5.08. The predicted octanol–water partition coefficient (Wildman–Crippen LogP) is 1.92. The molecule has 2 N–H and O–H groups in total. The Labute approximate surface area is 127 Å². The van der Waals surface area contributed by atoms with E-state index < -0.39 is 11.8 Å². The lowest BCUT2D eigenvalue weighted by molar-refractivity contribution is 0.0967. The number of amides is 2. The van der Waals surface area contributed by atoms with Gasteiger partial charge in [-0.1, -0.05) is 18.2 Å². The van der Waals surface area contributed by atoms with Gasteiger partial charge >= 0.3 is 0 Å². The maximum atomic E-state index is 12.6. The molecule has 0 aromatic heterocycles. The second-order valence-electron chi connectivity index (χ2n) is 4.35. The minimum atomic E-state index is -0.729. The van der Waals surface area contributed by atoms with Gasteiger partial charge in [0.05, 0.1) is 23.9 Å². The number of primary amides is 1. The minimum absolute atomic E-state index is 0.0654. The van der Waals surface area contributed by atoms with Gasteiger partial charge in [0.1, 0.15) is 5.75 Å². The van der Waals surface area contributed by atoms with E-state index in [1.807, 2.05) is 6.19 Å². The first kappa shape index (κ1) is 15.1. The summed E-state index contributed by atoms with van der Waals surface area (Å²) in [6, 6.07) is 12.6. The molecular formula is C16H13N3O3. The van der Waals surface area contributed by atoms with Crippen molar-refractivity contribution in [2.75, 3.05) is 12.0 Å². The van der Waals surface area contributed by atoms with Gasteiger partial charge in [-0.2, -0.15) is 5.26 Å². The number of anilines is 1. The number of rotatable bonds is 4. The van der Waals surface area contributed by atoms with Crippen LogP contribution in [0, 0.1) is 11.5 Å². The largest absolute Gasteiger partial charge is 0.497 e. The van der Waals surface area contributed by atoms with Crippen molar-refractivity contribution >= 4 is 17.5 Å². The number of carbonyl (C=O) groups is 2. The number of carbonyl (C=O) groups excluding carboxylic acids is 2. The number of nitrogens with two attached hydrogens (primary N) is 1. The van der Waals surface area contributed by atoms with E-state index in [0.29, 0.717) is 11.4 Å². The standard InChI is InChI=1S/C16H13N3O3/c1-22-12-6-4-5-11(9-12)19(10-17)16(21)14-8-3-2-7-13(14)15(18)20/h2-9H,1H3,(H2,18,20). The van der Waals surface area contributed by atoms with Crippen molar-refractivity contribution < 1.29 is 14.3 Å². The maximum absolute atomic E-state index is 12.6. The molecule has 6 nitrogen and oxygen atoms in total. The molecule has 2 rings (SSSR count). The molecule has 0 saturated heterocycles. The van der Waals surface area contributed by atoms with Crippen LogP contribution < -0.4 is 15.4 Å². The van der Waals surface area contributed by atoms with E-state index in [0.717, 1.165) is 4.90 Å². The quantitative estimate of drug-likeness (QED) is 0.688. The molecule has 2 aromatic carbocycles. The lowest BCUT2D eigenvalue weighted by atomic mass is 10.1. The molecule has 0 saturated carbocycles. The molecule has 0 atom stereocenters. The van der Waals surface area contributed by atoms with Gasteiger partial charge in [0, 0.05) is 6.07 Å². The first-order chi connectivity index (χ1) is 10.6. The van der Waals surface area contributed by atoms with Gasteiger partial charge in [-0.3, -0.25) is 9.59 Å². The van der Waals surface area contributed by atoms with Crippen molar-refractivity contribution in [1.29, 1.82) is 5.26 Å². The highest BCUT2D eigenvalue weighted by Gasteiger charge is 2.22. The summed E-state index contributed by atoms with van der Waals surface area (Å²) in [4.78, 5) is 24.9. The number of ether oxygens (including phenoxy) is 1. The van der Waals surface area contributed by atoms with Crippen LogP contribution in [0.2, 0.25) is 0 Å². The van der Waals surface area contributed by atoms with Crippen LogP contribution in [0.5, 0.6) is 5.75 Å². The normalized spacial score (nSPS) is 9.64. The SMILES string of the molecule is COc1cccc(N(C#N)C(=O)c2ccccc2C(N)=O)c1. The Hall–Kier alpha value is -3.33. The van der Waals surface area contributed by atoms with Crippen LogP contribution in [0.15, 0.2) is 48.5 Å². The van der Waals surface area contributed by atoms with Gasteiger partial charge in [-0.15, -0.1) is 0 Å².